The van der Waals surface area contributed by atoms with Crippen molar-refractivity contribution in [1.82, 2.24) is 9.78 Å². The summed E-state index contributed by atoms with van der Waals surface area (Å²) < 4.78 is 28.5. The van der Waals surface area contributed by atoms with Crippen LogP contribution in [0, 0.1) is 6.92 Å². The minimum Gasteiger partial charge on any atom is -0.381 e. The maximum absolute atomic E-state index is 12.4. The summed E-state index contributed by atoms with van der Waals surface area (Å²) in [7, 11) is -2.32. The molecule has 0 bridgehead atoms. The van der Waals surface area contributed by atoms with Gasteiger partial charge >= 0.3 is 0 Å². The van der Waals surface area contributed by atoms with Crippen LogP contribution < -0.4 is 10.5 Å². The van der Waals surface area contributed by atoms with Crippen LogP contribution in [-0.2, 0) is 17.1 Å². The second-order valence-electron chi connectivity index (χ2n) is 4.13. The number of sulfonamides is 1. The predicted molar refractivity (Wildman–Crippen MR) is 79.6 cm³/mol. The van der Waals surface area contributed by atoms with Crippen LogP contribution in [0.25, 0.3) is 0 Å². The number of aromatic nitrogens is 2. The van der Waals surface area contributed by atoms with Crippen LogP contribution >= 0.6 is 23.2 Å². The Balaban J connectivity index is 2.52. The molecular weight excluding hydrogens is 323 g/mol. The lowest BCUT2D eigenvalue weighted by Gasteiger charge is -2.11. The summed E-state index contributed by atoms with van der Waals surface area (Å²) in [5.41, 5.74) is 6.17. The number of nitrogens with one attached hydrogen (secondary N) is 1. The number of hydrogen-bond acceptors (Lipinski definition) is 4. The molecule has 0 atom stereocenters. The van der Waals surface area contributed by atoms with E-state index in [0.717, 1.165) is 0 Å². The van der Waals surface area contributed by atoms with Crippen LogP contribution in [0.2, 0.25) is 10.0 Å². The molecule has 2 rings (SSSR count). The summed E-state index contributed by atoms with van der Waals surface area (Å²) in [6, 6.07) is 4.68. The fraction of sp³-hybridized carbons (Fsp3) is 0.182. The largest absolute Gasteiger partial charge is 0.381 e. The highest BCUT2D eigenvalue weighted by Crippen LogP contribution is 2.33. The predicted octanol–water partition coefficient (Wildman–Crippen LogP) is 2.42. The number of anilines is 2. The third-order valence-corrected chi connectivity index (χ3v) is 4.92. The summed E-state index contributed by atoms with van der Waals surface area (Å²) in [6.07, 6.45) is 0. The van der Waals surface area contributed by atoms with Crippen molar-refractivity contribution in [2.24, 2.45) is 7.05 Å². The first kappa shape index (κ1) is 15.0. The van der Waals surface area contributed by atoms with Crippen molar-refractivity contribution < 1.29 is 8.42 Å². The maximum atomic E-state index is 12.4. The van der Waals surface area contributed by atoms with E-state index in [9.17, 15) is 8.42 Å². The normalized spacial score (nSPS) is 11.6. The number of hydrogen-bond donors (Lipinski definition) is 2. The molecule has 20 heavy (non-hydrogen) atoms. The Kier molecular flexibility index (Phi) is 3.86. The lowest BCUT2D eigenvalue weighted by atomic mass is 10.3. The SMILES string of the molecule is Cc1c(S(=O)(=O)Nc2c(Cl)cccc2Cl)c(N)nn1C. The van der Waals surface area contributed by atoms with Gasteiger partial charge < -0.3 is 5.73 Å². The van der Waals surface area contributed by atoms with Crippen molar-refractivity contribution >= 4 is 44.7 Å². The lowest BCUT2D eigenvalue weighted by molar-refractivity contribution is 0.600. The van der Waals surface area contributed by atoms with Crippen LogP contribution in [0.5, 0.6) is 0 Å². The second kappa shape index (κ2) is 5.16. The fourth-order valence-corrected chi connectivity index (χ4v) is 3.76. The highest BCUT2D eigenvalue weighted by atomic mass is 35.5. The third-order valence-electron chi connectivity index (χ3n) is 2.77. The van der Waals surface area contributed by atoms with Crippen molar-refractivity contribution in [2.45, 2.75) is 11.8 Å². The molecule has 1 aromatic carbocycles. The first-order chi connectivity index (χ1) is 9.24. The molecule has 108 valence electrons. The summed E-state index contributed by atoms with van der Waals surface area (Å²) in [4.78, 5) is -0.0870. The minimum atomic E-state index is -3.93. The smallest absolute Gasteiger partial charge is 0.267 e. The number of nitrogen functional groups attached to an aromatic ring is 1. The van der Waals surface area contributed by atoms with Crippen molar-refractivity contribution in [3.8, 4) is 0 Å². The Bertz CT molecular complexity index is 751. The molecule has 0 unspecified atom stereocenters. The number of benzene rings is 1. The van der Waals surface area contributed by atoms with Crippen molar-refractivity contribution in [3.63, 3.8) is 0 Å². The summed E-state index contributed by atoms with van der Waals surface area (Å²) in [6.45, 7) is 1.60. The molecule has 9 heteroatoms. The zero-order chi connectivity index (χ0) is 15.1. The van der Waals surface area contributed by atoms with E-state index in [1.54, 1.807) is 20.0 Å². The topological polar surface area (TPSA) is 90.0 Å². The molecule has 0 amide bonds. The zero-order valence-electron chi connectivity index (χ0n) is 10.7. The highest BCUT2D eigenvalue weighted by Gasteiger charge is 2.26. The van der Waals surface area contributed by atoms with E-state index < -0.39 is 10.0 Å². The average Bonchev–Trinajstić information content (AvgIpc) is 2.59. The molecule has 1 aromatic heterocycles. The summed E-state index contributed by atoms with van der Waals surface area (Å²) >= 11 is 11.9. The Morgan fingerprint density at radius 3 is 2.30 bits per heavy atom. The van der Waals surface area contributed by atoms with Gasteiger partial charge in [-0.25, -0.2) is 8.42 Å². The van der Waals surface area contributed by atoms with Gasteiger partial charge in [-0.2, -0.15) is 5.10 Å². The number of aryl methyl sites for hydroxylation is 1. The van der Waals surface area contributed by atoms with Gasteiger partial charge in [-0.1, -0.05) is 29.3 Å². The first-order valence-corrected chi connectivity index (χ1v) is 7.74. The number of halogens is 2. The monoisotopic (exact) mass is 334 g/mol. The van der Waals surface area contributed by atoms with Crippen LogP contribution in [0.1, 0.15) is 5.69 Å². The lowest BCUT2D eigenvalue weighted by Crippen LogP contribution is -2.15. The second-order valence-corrected chi connectivity index (χ2v) is 6.56. The van der Waals surface area contributed by atoms with Crippen LogP contribution in [0.3, 0.4) is 0 Å². The van der Waals surface area contributed by atoms with Gasteiger partial charge in [-0.15, -0.1) is 0 Å². The third kappa shape index (κ3) is 2.56. The molecular formula is C11H12Cl2N4O2S. The Labute approximate surface area is 126 Å². The van der Waals surface area contributed by atoms with Gasteiger partial charge in [0.2, 0.25) is 0 Å². The van der Waals surface area contributed by atoms with Crippen molar-refractivity contribution in [1.29, 1.82) is 0 Å². The van der Waals surface area contributed by atoms with Gasteiger partial charge in [0.15, 0.2) is 10.7 Å². The van der Waals surface area contributed by atoms with E-state index in [2.05, 4.69) is 9.82 Å². The van der Waals surface area contributed by atoms with Crippen LogP contribution in [0.4, 0.5) is 11.5 Å². The van der Waals surface area contributed by atoms with E-state index in [1.165, 1.54) is 16.8 Å². The maximum Gasteiger partial charge on any atom is 0.267 e. The molecule has 3 N–H and O–H groups in total. The van der Waals surface area contributed by atoms with Gasteiger partial charge in [0.05, 0.1) is 21.4 Å². The highest BCUT2D eigenvalue weighted by molar-refractivity contribution is 7.93. The van der Waals surface area contributed by atoms with Gasteiger partial charge in [0, 0.05) is 7.05 Å². The molecule has 2 aromatic rings. The number of para-hydroxylation sites is 1. The number of rotatable bonds is 3. The van der Waals surface area contributed by atoms with E-state index in [1.807, 2.05) is 0 Å². The van der Waals surface area contributed by atoms with E-state index >= 15 is 0 Å². The van der Waals surface area contributed by atoms with Crippen molar-refractivity contribution in [3.05, 3.63) is 33.9 Å². The van der Waals surface area contributed by atoms with E-state index in [4.69, 9.17) is 28.9 Å². The molecule has 0 aliphatic rings. The summed E-state index contributed by atoms with van der Waals surface area (Å²) in [5.74, 6) is -0.0827. The van der Waals surface area contributed by atoms with E-state index in [0.29, 0.717) is 5.69 Å². The fourth-order valence-electron chi connectivity index (χ4n) is 1.73. The number of nitrogens with two attached hydrogens (primary N) is 1. The average molecular weight is 335 g/mol. The van der Waals surface area contributed by atoms with Crippen LogP contribution in [0.15, 0.2) is 23.1 Å². The first-order valence-electron chi connectivity index (χ1n) is 5.50. The van der Waals surface area contributed by atoms with Crippen LogP contribution in [-0.4, -0.2) is 18.2 Å². The number of nitrogens with zero attached hydrogens (tertiary/aromatic N) is 2. The van der Waals surface area contributed by atoms with Gasteiger partial charge in [-0.3, -0.25) is 9.40 Å². The molecule has 0 fully saturated rings. The Morgan fingerprint density at radius 1 is 1.30 bits per heavy atom. The standard InChI is InChI=1S/C11H12Cl2N4O2S/c1-6-10(11(14)15-17(6)2)20(18,19)16-9-7(12)4-3-5-8(9)13/h3-5,16H,1-2H3,(H2,14,15). The molecule has 0 saturated carbocycles. The molecule has 6 nitrogen and oxygen atoms in total. The molecule has 1 heterocycles. The molecule has 0 spiro atoms. The van der Waals surface area contributed by atoms with Crippen molar-refractivity contribution in [2.75, 3.05) is 10.5 Å². The molecule has 0 saturated heterocycles. The zero-order valence-corrected chi connectivity index (χ0v) is 13.0. The minimum absolute atomic E-state index is 0.0827. The van der Waals surface area contributed by atoms with E-state index in [-0.39, 0.29) is 26.4 Å². The molecule has 0 aliphatic carbocycles. The Morgan fingerprint density at radius 2 is 1.85 bits per heavy atom. The van der Waals surface area contributed by atoms with Gasteiger partial charge in [0.25, 0.3) is 10.0 Å². The quantitative estimate of drug-likeness (QED) is 0.901. The molecule has 0 radical (unpaired) electrons. The summed E-state index contributed by atoms with van der Waals surface area (Å²) in [5, 5.41) is 4.26. The Hall–Kier alpha value is -1.44. The van der Waals surface area contributed by atoms with Gasteiger partial charge in [0.1, 0.15) is 0 Å². The molecule has 0 aliphatic heterocycles. The van der Waals surface area contributed by atoms with Gasteiger partial charge in [-0.05, 0) is 19.1 Å².